The van der Waals surface area contributed by atoms with E-state index in [1.165, 1.54) is 11.1 Å². The lowest BCUT2D eigenvalue weighted by atomic mass is 10.1. The summed E-state index contributed by atoms with van der Waals surface area (Å²) in [5, 5.41) is 13.8. The molecule has 0 aliphatic rings. The quantitative estimate of drug-likeness (QED) is 0.868. The van der Waals surface area contributed by atoms with E-state index in [2.05, 4.69) is 60.6 Å². The molecule has 4 heteroatoms. The molecule has 2 aromatic rings. The fraction of sp³-hybridized carbons (Fsp3) is 0.467. The van der Waals surface area contributed by atoms with Crippen LogP contribution in [-0.2, 0) is 19.4 Å². The lowest BCUT2D eigenvalue weighted by Crippen LogP contribution is -2.02. The average molecular weight is 275 g/mol. The van der Waals surface area contributed by atoms with Gasteiger partial charge in [0, 0.05) is 13.0 Å². The second-order valence-electron chi connectivity index (χ2n) is 5.07. The van der Waals surface area contributed by atoms with Crippen LogP contribution in [0.2, 0.25) is 0 Å². The standard InChI is InChI=1S/C15H21N3S/c1-4-12-7-5-6-8-13(12)10-16-15-18-17-14(19-15)9-11(2)3/h5-8,11H,4,9-10H2,1-3H3,(H,16,18). The molecular weight excluding hydrogens is 254 g/mol. The van der Waals surface area contributed by atoms with Crippen molar-refractivity contribution in [3.8, 4) is 0 Å². The highest BCUT2D eigenvalue weighted by molar-refractivity contribution is 7.15. The molecule has 0 bridgehead atoms. The van der Waals surface area contributed by atoms with E-state index in [0.717, 1.165) is 29.5 Å². The van der Waals surface area contributed by atoms with Crippen molar-refractivity contribution < 1.29 is 0 Å². The molecule has 0 aliphatic carbocycles. The van der Waals surface area contributed by atoms with Gasteiger partial charge in [-0.3, -0.25) is 0 Å². The molecule has 1 aromatic heterocycles. The van der Waals surface area contributed by atoms with Gasteiger partial charge < -0.3 is 5.32 Å². The predicted octanol–water partition coefficient (Wildman–Crippen LogP) is 3.91. The number of aryl methyl sites for hydroxylation is 1. The highest BCUT2D eigenvalue weighted by atomic mass is 32.1. The van der Waals surface area contributed by atoms with Crippen molar-refractivity contribution >= 4 is 16.5 Å². The van der Waals surface area contributed by atoms with Crippen LogP contribution in [0.1, 0.15) is 36.9 Å². The van der Waals surface area contributed by atoms with Gasteiger partial charge in [-0.25, -0.2) is 0 Å². The average Bonchev–Trinajstić information content (AvgIpc) is 2.83. The summed E-state index contributed by atoms with van der Waals surface area (Å²) in [7, 11) is 0. The minimum Gasteiger partial charge on any atom is -0.356 e. The van der Waals surface area contributed by atoms with Crippen LogP contribution in [0.25, 0.3) is 0 Å². The molecule has 0 spiro atoms. The molecule has 0 fully saturated rings. The van der Waals surface area contributed by atoms with Gasteiger partial charge >= 0.3 is 0 Å². The largest absolute Gasteiger partial charge is 0.356 e. The Hall–Kier alpha value is -1.42. The summed E-state index contributed by atoms with van der Waals surface area (Å²) in [6.45, 7) is 7.41. The maximum absolute atomic E-state index is 4.22. The fourth-order valence-electron chi connectivity index (χ4n) is 2.00. The SMILES string of the molecule is CCc1ccccc1CNc1nnc(CC(C)C)s1. The molecule has 0 amide bonds. The first-order valence-electron chi connectivity index (χ1n) is 6.82. The molecule has 1 heterocycles. The van der Waals surface area contributed by atoms with E-state index in [0.29, 0.717) is 5.92 Å². The third-order valence-electron chi connectivity index (χ3n) is 2.98. The Morgan fingerprint density at radius 3 is 2.58 bits per heavy atom. The molecule has 102 valence electrons. The summed E-state index contributed by atoms with van der Waals surface area (Å²) in [6, 6.07) is 8.53. The van der Waals surface area contributed by atoms with Crippen molar-refractivity contribution in [1.29, 1.82) is 0 Å². The summed E-state index contributed by atoms with van der Waals surface area (Å²) in [6.07, 6.45) is 2.07. The lowest BCUT2D eigenvalue weighted by molar-refractivity contribution is 0.640. The van der Waals surface area contributed by atoms with Crippen molar-refractivity contribution in [1.82, 2.24) is 10.2 Å². The van der Waals surface area contributed by atoms with Crippen LogP contribution in [-0.4, -0.2) is 10.2 Å². The van der Waals surface area contributed by atoms with E-state index in [1.54, 1.807) is 11.3 Å². The Morgan fingerprint density at radius 1 is 1.16 bits per heavy atom. The summed E-state index contributed by atoms with van der Waals surface area (Å²) in [5.74, 6) is 0.626. The molecule has 0 atom stereocenters. The number of aromatic nitrogens is 2. The number of anilines is 1. The first-order valence-corrected chi connectivity index (χ1v) is 7.63. The predicted molar refractivity (Wildman–Crippen MR) is 81.6 cm³/mol. The molecule has 19 heavy (non-hydrogen) atoms. The Kier molecular flexibility index (Phi) is 4.91. The van der Waals surface area contributed by atoms with Gasteiger partial charge in [-0.15, -0.1) is 10.2 Å². The Morgan fingerprint density at radius 2 is 1.89 bits per heavy atom. The van der Waals surface area contributed by atoms with E-state index in [1.807, 2.05) is 0 Å². The Bertz CT molecular complexity index is 520. The van der Waals surface area contributed by atoms with Crippen molar-refractivity contribution in [2.75, 3.05) is 5.32 Å². The molecule has 2 rings (SSSR count). The Balaban J connectivity index is 1.96. The van der Waals surface area contributed by atoms with E-state index in [9.17, 15) is 0 Å². The zero-order chi connectivity index (χ0) is 13.7. The molecule has 0 unspecified atom stereocenters. The van der Waals surface area contributed by atoms with Gasteiger partial charge in [0.25, 0.3) is 0 Å². The number of benzene rings is 1. The van der Waals surface area contributed by atoms with Gasteiger partial charge in [0.1, 0.15) is 5.01 Å². The second-order valence-corrected chi connectivity index (χ2v) is 6.14. The molecule has 0 aliphatic heterocycles. The highest BCUT2D eigenvalue weighted by Crippen LogP contribution is 2.19. The van der Waals surface area contributed by atoms with Gasteiger partial charge in [0.15, 0.2) is 0 Å². The number of nitrogens with one attached hydrogen (secondary N) is 1. The monoisotopic (exact) mass is 275 g/mol. The van der Waals surface area contributed by atoms with Crippen LogP contribution in [0.15, 0.2) is 24.3 Å². The number of nitrogens with zero attached hydrogens (tertiary/aromatic N) is 2. The van der Waals surface area contributed by atoms with Gasteiger partial charge in [-0.1, -0.05) is 56.4 Å². The molecule has 3 nitrogen and oxygen atoms in total. The molecule has 0 radical (unpaired) electrons. The van der Waals surface area contributed by atoms with Crippen LogP contribution in [0.3, 0.4) is 0 Å². The second kappa shape index (κ2) is 6.66. The molecule has 1 N–H and O–H groups in total. The van der Waals surface area contributed by atoms with Crippen molar-refractivity contribution in [3.63, 3.8) is 0 Å². The minimum absolute atomic E-state index is 0.626. The zero-order valence-corrected chi connectivity index (χ0v) is 12.6. The van der Waals surface area contributed by atoms with Crippen molar-refractivity contribution in [2.45, 2.75) is 40.2 Å². The zero-order valence-electron chi connectivity index (χ0n) is 11.8. The van der Waals surface area contributed by atoms with E-state index in [4.69, 9.17) is 0 Å². The number of hydrogen-bond donors (Lipinski definition) is 1. The Labute approximate surface area is 119 Å². The fourth-order valence-corrected chi connectivity index (χ4v) is 2.95. The summed E-state index contributed by atoms with van der Waals surface area (Å²) >= 11 is 1.66. The van der Waals surface area contributed by atoms with E-state index < -0.39 is 0 Å². The van der Waals surface area contributed by atoms with Crippen LogP contribution < -0.4 is 5.32 Å². The van der Waals surface area contributed by atoms with Gasteiger partial charge in [-0.2, -0.15) is 0 Å². The third-order valence-corrected chi connectivity index (χ3v) is 3.88. The topological polar surface area (TPSA) is 37.8 Å². The molecule has 0 saturated carbocycles. The first kappa shape index (κ1) is 14.0. The van der Waals surface area contributed by atoms with Crippen LogP contribution in [0.4, 0.5) is 5.13 Å². The normalized spacial score (nSPS) is 10.9. The number of rotatable bonds is 6. The van der Waals surface area contributed by atoms with Gasteiger partial charge in [0.05, 0.1) is 0 Å². The van der Waals surface area contributed by atoms with Gasteiger partial charge in [0.2, 0.25) is 5.13 Å². The van der Waals surface area contributed by atoms with Crippen LogP contribution in [0.5, 0.6) is 0 Å². The summed E-state index contributed by atoms with van der Waals surface area (Å²) in [4.78, 5) is 0. The van der Waals surface area contributed by atoms with Gasteiger partial charge in [-0.05, 0) is 23.5 Å². The molecular formula is C15H21N3S. The third kappa shape index (κ3) is 4.03. The first-order chi connectivity index (χ1) is 9.19. The lowest BCUT2D eigenvalue weighted by Gasteiger charge is -2.07. The summed E-state index contributed by atoms with van der Waals surface area (Å²) in [5.41, 5.74) is 2.73. The minimum atomic E-state index is 0.626. The molecule has 1 aromatic carbocycles. The highest BCUT2D eigenvalue weighted by Gasteiger charge is 2.06. The number of hydrogen-bond acceptors (Lipinski definition) is 4. The maximum atomic E-state index is 4.22. The van der Waals surface area contributed by atoms with Crippen LogP contribution >= 0.6 is 11.3 Å². The maximum Gasteiger partial charge on any atom is 0.205 e. The van der Waals surface area contributed by atoms with E-state index in [-0.39, 0.29) is 0 Å². The van der Waals surface area contributed by atoms with Crippen LogP contribution in [0, 0.1) is 5.92 Å². The summed E-state index contributed by atoms with van der Waals surface area (Å²) < 4.78 is 0. The van der Waals surface area contributed by atoms with Crippen molar-refractivity contribution in [2.24, 2.45) is 5.92 Å². The molecule has 0 saturated heterocycles. The van der Waals surface area contributed by atoms with Crippen molar-refractivity contribution in [3.05, 3.63) is 40.4 Å². The smallest absolute Gasteiger partial charge is 0.205 e. The van der Waals surface area contributed by atoms with E-state index >= 15 is 0 Å².